The molecule has 0 aromatic heterocycles. The highest BCUT2D eigenvalue weighted by Gasteiger charge is 2.38. The van der Waals surface area contributed by atoms with Gasteiger partial charge in [-0.05, 0) is 54.1 Å². The molecule has 2 aliphatic rings. The van der Waals surface area contributed by atoms with Crippen LogP contribution in [0, 0.1) is 17.3 Å². The smallest absolute Gasteiger partial charge is 0.00519 e. The third-order valence-electron chi connectivity index (χ3n) is 8.53. The summed E-state index contributed by atoms with van der Waals surface area (Å²) in [6, 6.07) is 11.0. The quantitative estimate of drug-likeness (QED) is 0.255. The highest BCUT2D eigenvalue weighted by Crippen LogP contribution is 2.50. The van der Waals surface area contributed by atoms with Gasteiger partial charge in [0.25, 0.3) is 0 Å². The van der Waals surface area contributed by atoms with Gasteiger partial charge in [-0.3, -0.25) is 0 Å². The minimum atomic E-state index is 0.427. The minimum Gasteiger partial charge on any atom is -0.0771 e. The third kappa shape index (κ3) is 7.64. The molecule has 1 fully saturated rings. The zero-order chi connectivity index (χ0) is 22.5. The van der Waals surface area contributed by atoms with Gasteiger partial charge >= 0.3 is 0 Å². The third-order valence-corrected chi connectivity index (χ3v) is 8.53. The molecule has 0 heterocycles. The molecule has 0 spiro atoms. The van der Waals surface area contributed by atoms with E-state index in [1.54, 1.807) is 0 Å². The van der Waals surface area contributed by atoms with E-state index < -0.39 is 0 Å². The minimum absolute atomic E-state index is 0.427. The fraction of sp³-hybridized carbons (Fsp3) is 0.688. The van der Waals surface area contributed by atoms with Crippen LogP contribution in [0.2, 0.25) is 0 Å². The Labute approximate surface area is 200 Å². The average molecular weight is 435 g/mol. The van der Waals surface area contributed by atoms with Crippen LogP contribution in [0.5, 0.6) is 0 Å². The van der Waals surface area contributed by atoms with E-state index in [0.29, 0.717) is 5.41 Å². The number of allylic oxidation sites excluding steroid dienone is 4. The van der Waals surface area contributed by atoms with Crippen molar-refractivity contribution < 1.29 is 0 Å². The molecule has 0 nitrogen and oxygen atoms in total. The monoisotopic (exact) mass is 434 g/mol. The predicted octanol–water partition coefficient (Wildman–Crippen LogP) is 10.5. The largest absolute Gasteiger partial charge is 0.0771 e. The van der Waals surface area contributed by atoms with Crippen LogP contribution in [0.15, 0.2) is 48.6 Å². The number of rotatable bonds is 14. The van der Waals surface area contributed by atoms with Crippen LogP contribution < -0.4 is 0 Å². The van der Waals surface area contributed by atoms with Gasteiger partial charge in [-0.2, -0.15) is 0 Å². The van der Waals surface area contributed by atoms with Gasteiger partial charge in [-0.1, -0.05) is 146 Å². The highest BCUT2D eigenvalue weighted by atomic mass is 14.4. The number of unbranched alkanes of at least 4 members (excludes halogenated alkanes) is 8. The van der Waals surface area contributed by atoms with Crippen molar-refractivity contribution in [3.63, 3.8) is 0 Å². The first-order chi connectivity index (χ1) is 15.8. The van der Waals surface area contributed by atoms with Crippen LogP contribution in [0.1, 0.15) is 129 Å². The van der Waals surface area contributed by atoms with E-state index in [9.17, 15) is 0 Å². The van der Waals surface area contributed by atoms with E-state index in [2.05, 4.69) is 62.4 Å². The molecule has 0 radical (unpaired) electrons. The zero-order valence-electron chi connectivity index (χ0n) is 21.3. The van der Waals surface area contributed by atoms with Crippen molar-refractivity contribution in [1.29, 1.82) is 0 Å². The lowest BCUT2D eigenvalue weighted by Crippen LogP contribution is -2.33. The van der Waals surface area contributed by atoms with E-state index >= 15 is 0 Å². The maximum atomic E-state index is 2.68. The maximum absolute atomic E-state index is 2.68. The number of hydrogen-bond donors (Lipinski definition) is 0. The Morgan fingerprint density at radius 2 is 1.41 bits per heavy atom. The maximum Gasteiger partial charge on any atom is -0.00519 e. The summed E-state index contributed by atoms with van der Waals surface area (Å²) in [5.74, 6) is 1.91. The van der Waals surface area contributed by atoms with E-state index in [4.69, 9.17) is 0 Å². The van der Waals surface area contributed by atoms with Gasteiger partial charge in [-0.15, -0.1) is 0 Å². The zero-order valence-corrected chi connectivity index (χ0v) is 21.3. The Balaban J connectivity index is 1.57. The van der Waals surface area contributed by atoms with Crippen LogP contribution in [0.3, 0.4) is 0 Å². The van der Waals surface area contributed by atoms with Crippen LogP contribution in [0.4, 0.5) is 0 Å². The van der Waals surface area contributed by atoms with Crippen molar-refractivity contribution in [2.24, 2.45) is 17.3 Å². The van der Waals surface area contributed by atoms with Crippen molar-refractivity contribution in [3.8, 4) is 0 Å². The summed E-state index contributed by atoms with van der Waals surface area (Å²) in [4.78, 5) is 0. The first kappa shape index (κ1) is 25.3. The Bertz CT molecular complexity index is 673. The lowest BCUT2D eigenvalue weighted by molar-refractivity contribution is 0.127. The van der Waals surface area contributed by atoms with E-state index in [0.717, 1.165) is 11.8 Å². The molecule has 1 atom stereocenters. The van der Waals surface area contributed by atoms with Crippen molar-refractivity contribution in [3.05, 3.63) is 54.1 Å². The molecule has 3 rings (SSSR count). The topological polar surface area (TPSA) is 0 Å². The van der Waals surface area contributed by atoms with Crippen LogP contribution in [-0.4, -0.2) is 0 Å². The predicted molar refractivity (Wildman–Crippen MR) is 143 cm³/mol. The fourth-order valence-electron chi connectivity index (χ4n) is 6.35. The Morgan fingerprint density at radius 1 is 0.750 bits per heavy atom. The second-order valence-electron chi connectivity index (χ2n) is 10.9. The summed E-state index contributed by atoms with van der Waals surface area (Å²) in [5, 5.41) is 0. The lowest BCUT2D eigenvalue weighted by atomic mass is 9.61. The summed E-state index contributed by atoms with van der Waals surface area (Å²) >= 11 is 0. The van der Waals surface area contributed by atoms with Crippen molar-refractivity contribution >= 4 is 5.57 Å². The molecular formula is C32H50. The molecule has 0 amide bonds. The summed E-state index contributed by atoms with van der Waals surface area (Å²) < 4.78 is 0. The van der Waals surface area contributed by atoms with Crippen LogP contribution in [-0.2, 0) is 0 Å². The standard InChI is InChI=1S/C32H50/c1-3-5-7-8-9-10-15-25-32(31-21-19-28(20-22-31)16-12-6-4-2)26-23-30(24-27-32)29-17-13-11-14-18-29/h11,13-14,17-18,23-24,26,28,31H,3-10,12,15-16,19-22,25,27H2,1-2H3. The average Bonchev–Trinajstić information content (AvgIpc) is 2.85. The molecule has 0 heteroatoms. The SMILES string of the molecule is CCCCCCCCCC1(C2CCC(CCCCC)CC2)C=CC(c2ccccc2)=CC1. The van der Waals surface area contributed by atoms with Gasteiger partial charge in [0.05, 0.1) is 0 Å². The Kier molecular flexibility index (Phi) is 11.1. The summed E-state index contributed by atoms with van der Waals surface area (Å²) in [6.07, 6.45) is 32.0. The highest BCUT2D eigenvalue weighted by molar-refractivity contribution is 5.75. The Morgan fingerprint density at radius 3 is 2.06 bits per heavy atom. The first-order valence-electron chi connectivity index (χ1n) is 14.2. The molecule has 1 aromatic carbocycles. The first-order valence-corrected chi connectivity index (χ1v) is 14.2. The van der Waals surface area contributed by atoms with Gasteiger partial charge in [-0.25, -0.2) is 0 Å². The molecular weight excluding hydrogens is 384 g/mol. The van der Waals surface area contributed by atoms with E-state index in [-0.39, 0.29) is 0 Å². The summed E-state index contributed by atoms with van der Waals surface area (Å²) in [7, 11) is 0. The Hall–Kier alpha value is -1.30. The molecule has 1 saturated carbocycles. The molecule has 1 aromatic rings. The molecule has 178 valence electrons. The molecule has 2 aliphatic carbocycles. The molecule has 0 N–H and O–H groups in total. The molecule has 0 aliphatic heterocycles. The van der Waals surface area contributed by atoms with Gasteiger partial charge in [0.1, 0.15) is 0 Å². The van der Waals surface area contributed by atoms with Crippen LogP contribution in [0.25, 0.3) is 5.57 Å². The van der Waals surface area contributed by atoms with Gasteiger partial charge < -0.3 is 0 Å². The second-order valence-corrected chi connectivity index (χ2v) is 10.9. The number of hydrogen-bond acceptors (Lipinski definition) is 0. The molecule has 1 unspecified atom stereocenters. The number of benzene rings is 1. The van der Waals surface area contributed by atoms with Gasteiger partial charge in [0.2, 0.25) is 0 Å². The molecule has 0 saturated heterocycles. The van der Waals surface area contributed by atoms with E-state index in [1.807, 2.05) is 0 Å². The van der Waals surface area contributed by atoms with Crippen molar-refractivity contribution in [1.82, 2.24) is 0 Å². The lowest BCUT2D eigenvalue weighted by Gasteiger charge is -2.44. The second kappa shape index (κ2) is 14.1. The van der Waals surface area contributed by atoms with Gasteiger partial charge in [0.15, 0.2) is 0 Å². The molecule has 32 heavy (non-hydrogen) atoms. The fourth-order valence-corrected chi connectivity index (χ4v) is 6.35. The van der Waals surface area contributed by atoms with Crippen molar-refractivity contribution in [2.75, 3.05) is 0 Å². The van der Waals surface area contributed by atoms with Crippen LogP contribution >= 0.6 is 0 Å². The van der Waals surface area contributed by atoms with Crippen molar-refractivity contribution in [2.45, 2.75) is 123 Å². The van der Waals surface area contributed by atoms with Gasteiger partial charge in [0, 0.05) is 0 Å². The molecule has 0 bridgehead atoms. The van der Waals surface area contributed by atoms with E-state index in [1.165, 1.54) is 120 Å². The summed E-state index contributed by atoms with van der Waals surface area (Å²) in [6.45, 7) is 4.64. The normalized spacial score (nSPS) is 25.6. The summed E-state index contributed by atoms with van der Waals surface area (Å²) in [5.41, 5.74) is 3.25.